The molecule has 0 aliphatic heterocycles. The third-order valence-electron chi connectivity index (χ3n) is 6.57. The number of nitrogens with zero attached hydrogens (tertiary/aromatic N) is 3. The number of hydrogen-bond acceptors (Lipinski definition) is 5. The number of benzene rings is 1. The van der Waals surface area contributed by atoms with Crippen LogP contribution in [0.2, 0.25) is 0 Å². The van der Waals surface area contributed by atoms with Crippen molar-refractivity contribution in [2.24, 2.45) is 25.9 Å². The average molecular weight is 451 g/mol. The highest BCUT2D eigenvalue weighted by molar-refractivity contribution is 7.89. The molecule has 2 aromatic rings. The molecule has 1 saturated carbocycles. The molecule has 0 saturated heterocycles. The fourth-order valence-corrected chi connectivity index (χ4v) is 5.39. The number of amides is 1. The van der Waals surface area contributed by atoms with E-state index in [2.05, 4.69) is 19.2 Å². The number of likely N-dealkylation sites (N-methyl/N-ethyl adjacent to an activating group) is 1. The lowest BCUT2D eigenvalue weighted by atomic mass is 9.78. The van der Waals surface area contributed by atoms with Gasteiger partial charge in [0.2, 0.25) is 15.9 Å². The quantitative estimate of drug-likeness (QED) is 0.724. The van der Waals surface area contributed by atoms with Crippen LogP contribution in [0.15, 0.2) is 32.7 Å². The first-order valence-corrected chi connectivity index (χ1v) is 11.8. The number of hydrogen-bond donors (Lipinski definition) is 1. The Bertz CT molecular complexity index is 1230. The van der Waals surface area contributed by atoms with Gasteiger partial charge in [-0.25, -0.2) is 13.2 Å². The molecular formula is C21H30N4O5S. The van der Waals surface area contributed by atoms with Crippen molar-refractivity contribution in [3.63, 3.8) is 0 Å². The third-order valence-corrected chi connectivity index (χ3v) is 8.37. The van der Waals surface area contributed by atoms with Gasteiger partial charge in [0.15, 0.2) is 0 Å². The minimum absolute atomic E-state index is 0.0392. The van der Waals surface area contributed by atoms with Gasteiger partial charge in [0.25, 0.3) is 5.56 Å². The molecule has 1 fully saturated rings. The summed E-state index contributed by atoms with van der Waals surface area (Å²) in [5.74, 6) is 0.496. The minimum atomic E-state index is -4.01. The first-order valence-electron chi connectivity index (χ1n) is 10.4. The second kappa shape index (κ2) is 8.58. The van der Waals surface area contributed by atoms with Crippen LogP contribution in [0.5, 0.6) is 0 Å². The van der Waals surface area contributed by atoms with E-state index in [4.69, 9.17) is 0 Å². The number of aryl methyl sites for hydroxylation is 1. The average Bonchev–Trinajstić information content (AvgIpc) is 2.73. The Hall–Kier alpha value is -2.46. The number of carbonyl (C=O) groups is 1. The minimum Gasteiger partial charge on any atom is -0.352 e. The molecule has 3 rings (SSSR count). The van der Waals surface area contributed by atoms with E-state index in [9.17, 15) is 22.8 Å². The zero-order valence-electron chi connectivity index (χ0n) is 18.6. The number of carbonyl (C=O) groups excluding carboxylic acids is 1. The highest BCUT2D eigenvalue weighted by Gasteiger charge is 2.30. The van der Waals surface area contributed by atoms with Crippen molar-refractivity contribution >= 4 is 26.8 Å². The lowest BCUT2D eigenvalue weighted by molar-refractivity contribution is -0.122. The molecule has 0 unspecified atom stereocenters. The molecule has 1 N–H and O–H groups in total. The molecule has 0 radical (unpaired) electrons. The van der Waals surface area contributed by atoms with Crippen molar-refractivity contribution in [2.75, 3.05) is 13.6 Å². The molecule has 1 aromatic heterocycles. The van der Waals surface area contributed by atoms with Gasteiger partial charge in [-0.15, -0.1) is 0 Å². The highest BCUT2D eigenvalue weighted by atomic mass is 32.2. The summed E-state index contributed by atoms with van der Waals surface area (Å²) < 4.78 is 29.3. The molecular weight excluding hydrogens is 420 g/mol. The smallest absolute Gasteiger partial charge is 0.330 e. The molecule has 10 heteroatoms. The van der Waals surface area contributed by atoms with Gasteiger partial charge in [-0.05, 0) is 36.5 Å². The molecule has 3 atom stereocenters. The number of aromatic nitrogens is 2. The Morgan fingerprint density at radius 1 is 1.16 bits per heavy atom. The summed E-state index contributed by atoms with van der Waals surface area (Å²) in [6.45, 7) is 3.96. The molecule has 31 heavy (non-hydrogen) atoms. The van der Waals surface area contributed by atoms with Crippen molar-refractivity contribution in [1.82, 2.24) is 18.8 Å². The van der Waals surface area contributed by atoms with Crippen LogP contribution >= 0.6 is 0 Å². The van der Waals surface area contributed by atoms with Crippen LogP contribution in [0.4, 0.5) is 0 Å². The zero-order valence-corrected chi connectivity index (χ0v) is 19.4. The van der Waals surface area contributed by atoms with E-state index in [1.807, 2.05) is 0 Å². The fraction of sp³-hybridized carbons (Fsp3) is 0.571. The largest absolute Gasteiger partial charge is 0.352 e. The molecule has 0 spiro atoms. The fourth-order valence-electron chi connectivity index (χ4n) is 4.24. The van der Waals surface area contributed by atoms with E-state index < -0.39 is 21.3 Å². The standard InChI is InChI=1S/C21H30N4O5S/c1-13-7-6-8-17(14(13)2)22-19(26)12-23(3)31(29,30)15-9-10-18-16(11-15)20(27)25(5)21(28)24(18)4/h9-11,13-14,17H,6-8,12H2,1-5H3,(H,22,26)/t13-,14-,17+/m1/s1. The summed E-state index contributed by atoms with van der Waals surface area (Å²) in [7, 11) is 0.190. The molecule has 1 aliphatic rings. The Morgan fingerprint density at radius 3 is 2.52 bits per heavy atom. The van der Waals surface area contributed by atoms with Crippen molar-refractivity contribution < 1.29 is 13.2 Å². The monoisotopic (exact) mass is 450 g/mol. The summed E-state index contributed by atoms with van der Waals surface area (Å²) in [6, 6.07) is 4.07. The molecule has 1 heterocycles. The summed E-state index contributed by atoms with van der Waals surface area (Å²) in [4.78, 5) is 37.0. The first-order chi connectivity index (χ1) is 14.4. The molecule has 1 aromatic carbocycles. The van der Waals surface area contributed by atoms with Gasteiger partial charge < -0.3 is 5.32 Å². The van der Waals surface area contributed by atoms with Crippen LogP contribution in [0, 0.1) is 11.8 Å². The Labute approximate surface area is 181 Å². The van der Waals surface area contributed by atoms with E-state index in [1.54, 1.807) is 0 Å². The number of fused-ring (bicyclic) bond motifs is 1. The zero-order chi connectivity index (χ0) is 23.1. The van der Waals surface area contributed by atoms with Crippen molar-refractivity contribution in [1.29, 1.82) is 0 Å². The van der Waals surface area contributed by atoms with Crippen molar-refractivity contribution in [2.45, 2.75) is 44.0 Å². The van der Waals surface area contributed by atoms with Crippen LogP contribution in [0.1, 0.15) is 33.1 Å². The maximum Gasteiger partial charge on any atom is 0.330 e. The molecule has 0 bridgehead atoms. The topological polar surface area (TPSA) is 110 Å². The SMILES string of the molecule is C[C@@H]1[C@H](C)CCC[C@@H]1NC(=O)CN(C)S(=O)(=O)c1ccc2c(c1)c(=O)n(C)c(=O)n2C. The second-order valence-corrected chi connectivity index (χ2v) is 10.6. The predicted molar refractivity (Wildman–Crippen MR) is 118 cm³/mol. The van der Waals surface area contributed by atoms with Gasteiger partial charge in [-0.1, -0.05) is 26.7 Å². The van der Waals surface area contributed by atoms with Crippen LogP contribution in [0.3, 0.4) is 0 Å². The maximum absolute atomic E-state index is 13.0. The van der Waals surface area contributed by atoms with Gasteiger partial charge in [0, 0.05) is 27.2 Å². The summed E-state index contributed by atoms with van der Waals surface area (Å²) >= 11 is 0. The Kier molecular flexibility index (Phi) is 6.43. The van der Waals surface area contributed by atoms with Crippen molar-refractivity contribution in [3.05, 3.63) is 39.0 Å². The number of sulfonamides is 1. The van der Waals surface area contributed by atoms with Crippen LogP contribution < -0.4 is 16.6 Å². The molecule has 1 amide bonds. The van der Waals surface area contributed by atoms with Crippen LogP contribution in [-0.4, -0.2) is 47.4 Å². The van der Waals surface area contributed by atoms with Gasteiger partial charge in [-0.3, -0.25) is 18.7 Å². The van der Waals surface area contributed by atoms with E-state index in [0.29, 0.717) is 17.4 Å². The van der Waals surface area contributed by atoms with Gasteiger partial charge in [-0.2, -0.15) is 4.31 Å². The first kappa shape index (κ1) is 23.2. The van der Waals surface area contributed by atoms with E-state index in [1.165, 1.54) is 43.9 Å². The van der Waals surface area contributed by atoms with E-state index in [-0.39, 0.29) is 28.8 Å². The lowest BCUT2D eigenvalue weighted by Crippen LogP contribution is -2.47. The predicted octanol–water partition coefficient (Wildman–Crippen LogP) is 0.799. The second-order valence-electron chi connectivity index (χ2n) is 8.59. The van der Waals surface area contributed by atoms with E-state index >= 15 is 0 Å². The van der Waals surface area contributed by atoms with Crippen LogP contribution in [-0.2, 0) is 28.9 Å². The van der Waals surface area contributed by atoms with E-state index in [0.717, 1.165) is 28.1 Å². The van der Waals surface area contributed by atoms with Crippen molar-refractivity contribution in [3.8, 4) is 0 Å². The maximum atomic E-state index is 13.0. The summed E-state index contributed by atoms with van der Waals surface area (Å²) in [5, 5.41) is 3.10. The van der Waals surface area contributed by atoms with Crippen LogP contribution in [0.25, 0.3) is 10.9 Å². The lowest BCUT2D eigenvalue weighted by Gasteiger charge is -2.34. The Morgan fingerprint density at radius 2 is 1.84 bits per heavy atom. The normalized spacial score (nSPS) is 22.1. The highest BCUT2D eigenvalue weighted by Crippen LogP contribution is 2.29. The Balaban J connectivity index is 1.84. The number of rotatable bonds is 5. The molecule has 1 aliphatic carbocycles. The molecule has 170 valence electrons. The van der Waals surface area contributed by atoms with Gasteiger partial charge in [0.1, 0.15) is 0 Å². The molecule has 9 nitrogen and oxygen atoms in total. The summed E-state index contributed by atoms with van der Waals surface area (Å²) in [5.41, 5.74) is -0.725. The summed E-state index contributed by atoms with van der Waals surface area (Å²) in [6.07, 6.45) is 3.06. The van der Waals surface area contributed by atoms with Gasteiger partial charge >= 0.3 is 5.69 Å². The van der Waals surface area contributed by atoms with Gasteiger partial charge in [0.05, 0.1) is 22.3 Å². The number of nitrogens with one attached hydrogen (secondary N) is 1. The third kappa shape index (κ3) is 4.31.